The van der Waals surface area contributed by atoms with Crippen molar-refractivity contribution < 1.29 is 14.9 Å². The van der Waals surface area contributed by atoms with Gasteiger partial charge in [-0.15, -0.1) is 0 Å². The maximum absolute atomic E-state index is 9.26. The van der Waals surface area contributed by atoms with E-state index in [0.717, 1.165) is 15.7 Å². The molecular formula is C13H20BrNO3. The Morgan fingerprint density at radius 3 is 2.56 bits per heavy atom. The van der Waals surface area contributed by atoms with Crippen LogP contribution < -0.4 is 5.32 Å². The molecule has 0 amide bonds. The van der Waals surface area contributed by atoms with Crippen LogP contribution in [0.3, 0.4) is 0 Å². The highest BCUT2D eigenvalue weighted by Crippen LogP contribution is 2.26. The summed E-state index contributed by atoms with van der Waals surface area (Å²) in [6.07, 6.45) is 0. The van der Waals surface area contributed by atoms with Crippen LogP contribution in [0.5, 0.6) is 0 Å². The summed E-state index contributed by atoms with van der Waals surface area (Å²) in [4.78, 5) is 0. The van der Waals surface area contributed by atoms with Gasteiger partial charge in [-0.2, -0.15) is 0 Å². The molecule has 0 aliphatic rings. The summed E-state index contributed by atoms with van der Waals surface area (Å²) < 4.78 is 6.14. The van der Waals surface area contributed by atoms with E-state index in [1.54, 1.807) is 7.11 Å². The number of rotatable bonds is 7. The van der Waals surface area contributed by atoms with E-state index in [-0.39, 0.29) is 13.2 Å². The summed E-state index contributed by atoms with van der Waals surface area (Å²) in [5.41, 5.74) is 1.43. The molecule has 0 atom stereocenters. The van der Waals surface area contributed by atoms with E-state index < -0.39 is 5.41 Å². The number of hydrogen-bond acceptors (Lipinski definition) is 4. The lowest BCUT2D eigenvalue weighted by Crippen LogP contribution is -2.34. The van der Waals surface area contributed by atoms with E-state index in [4.69, 9.17) is 4.74 Å². The number of benzene rings is 1. The minimum Gasteiger partial charge on any atom is -0.396 e. The molecule has 102 valence electrons. The molecule has 0 saturated heterocycles. The number of aliphatic hydroxyl groups excluding tert-OH is 2. The number of ether oxygens (including phenoxy) is 1. The number of nitrogens with one attached hydrogen (secondary N) is 1. The molecule has 0 aromatic heterocycles. The third-order valence-electron chi connectivity index (χ3n) is 2.88. The van der Waals surface area contributed by atoms with E-state index in [0.29, 0.717) is 13.2 Å². The van der Waals surface area contributed by atoms with Crippen LogP contribution in [0, 0.1) is 5.41 Å². The van der Waals surface area contributed by atoms with Gasteiger partial charge in [0.2, 0.25) is 0 Å². The Balaban J connectivity index is 2.81. The highest BCUT2D eigenvalue weighted by atomic mass is 79.9. The van der Waals surface area contributed by atoms with E-state index in [1.807, 2.05) is 25.1 Å². The zero-order chi connectivity index (χ0) is 13.6. The molecule has 0 fully saturated rings. The van der Waals surface area contributed by atoms with Gasteiger partial charge in [-0.3, -0.25) is 0 Å². The molecule has 4 nitrogen and oxygen atoms in total. The third-order valence-corrected chi connectivity index (χ3v) is 3.62. The zero-order valence-electron chi connectivity index (χ0n) is 10.7. The average molecular weight is 318 g/mol. The standard InChI is InChI=1S/C13H20BrNO3/c1-13(8-16,9-17)7-15-12-5-3-4-11(14)10(12)6-18-2/h3-5,15-17H,6-9H2,1-2H3. The van der Waals surface area contributed by atoms with Crippen LogP contribution in [0.25, 0.3) is 0 Å². The molecule has 18 heavy (non-hydrogen) atoms. The second kappa shape index (κ2) is 7.09. The van der Waals surface area contributed by atoms with Crippen molar-refractivity contribution in [3.63, 3.8) is 0 Å². The lowest BCUT2D eigenvalue weighted by atomic mass is 9.93. The van der Waals surface area contributed by atoms with Gasteiger partial charge in [0.25, 0.3) is 0 Å². The molecule has 0 spiro atoms. The van der Waals surface area contributed by atoms with E-state index in [1.165, 1.54) is 0 Å². The molecule has 0 aliphatic heterocycles. The Hall–Kier alpha value is -0.620. The number of halogens is 1. The van der Waals surface area contributed by atoms with Gasteiger partial charge in [0.15, 0.2) is 0 Å². The summed E-state index contributed by atoms with van der Waals surface area (Å²) in [6.45, 7) is 2.69. The average Bonchev–Trinajstić information content (AvgIpc) is 2.39. The maximum atomic E-state index is 9.26. The molecule has 0 heterocycles. The SMILES string of the molecule is COCc1c(Br)cccc1NCC(C)(CO)CO. The maximum Gasteiger partial charge on any atom is 0.0744 e. The van der Waals surface area contributed by atoms with Crippen molar-refractivity contribution in [2.45, 2.75) is 13.5 Å². The second-order valence-electron chi connectivity index (χ2n) is 4.68. The first kappa shape index (κ1) is 15.4. The van der Waals surface area contributed by atoms with Gasteiger partial charge in [0, 0.05) is 34.8 Å². The quantitative estimate of drug-likeness (QED) is 0.720. The van der Waals surface area contributed by atoms with Crippen molar-refractivity contribution in [1.82, 2.24) is 0 Å². The van der Waals surface area contributed by atoms with Gasteiger partial charge in [-0.1, -0.05) is 28.9 Å². The highest BCUT2D eigenvalue weighted by molar-refractivity contribution is 9.10. The minimum absolute atomic E-state index is 0.0654. The fourth-order valence-electron chi connectivity index (χ4n) is 1.49. The number of anilines is 1. The van der Waals surface area contributed by atoms with Crippen molar-refractivity contribution in [2.75, 3.05) is 32.2 Å². The second-order valence-corrected chi connectivity index (χ2v) is 5.53. The third kappa shape index (κ3) is 3.95. The Kier molecular flexibility index (Phi) is 6.08. The Morgan fingerprint density at radius 2 is 2.00 bits per heavy atom. The smallest absolute Gasteiger partial charge is 0.0744 e. The number of aliphatic hydroxyl groups is 2. The summed E-state index contributed by atoms with van der Waals surface area (Å²) in [7, 11) is 1.65. The lowest BCUT2D eigenvalue weighted by Gasteiger charge is -2.26. The van der Waals surface area contributed by atoms with Crippen LogP contribution in [-0.2, 0) is 11.3 Å². The van der Waals surface area contributed by atoms with Crippen molar-refractivity contribution in [3.05, 3.63) is 28.2 Å². The molecule has 1 aromatic carbocycles. The summed E-state index contributed by atoms with van der Waals surface area (Å²) in [5.74, 6) is 0. The fraction of sp³-hybridized carbons (Fsp3) is 0.538. The van der Waals surface area contributed by atoms with Crippen molar-refractivity contribution in [2.24, 2.45) is 5.41 Å². The zero-order valence-corrected chi connectivity index (χ0v) is 12.3. The van der Waals surface area contributed by atoms with Crippen LogP contribution in [-0.4, -0.2) is 37.1 Å². The molecule has 0 radical (unpaired) electrons. The molecule has 0 unspecified atom stereocenters. The molecule has 1 rings (SSSR count). The highest BCUT2D eigenvalue weighted by Gasteiger charge is 2.22. The molecule has 0 aliphatic carbocycles. The Morgan fingerprint density at radius 1 is 1.33 bits per heavy atom. The Bertz CT molecular complexity index is 380. The van der Waals surface area contributed by atoms with Gasteiger partial charge in [-0.05, 0) is 12.1 Å². The lowest BCUT2D eigenvalue weighted by molar-refractivity contribution is 0.0806. The van der Waals surface area contributed by atoms with Gasteiger partial charge >= 0.3 is 0 Å². The molecule has 0 saturated carbocycles. The van der Waals surface area contributed by atoms with Crippen molar-refractivity contribution in [3.8, 4) is 0 Å². The molecule has 1 aromatic rings. The largest absolute Gasteiger partial charge is 0.396 e. The van der Waals surface area contributed by atoms with Crippen LogP contribution in [0.15, 0.2) is 22.7 Å². The normalized spacial score (nSPS) is 11.6. The first-order chi connectivity index (χ1) is 8.56. The first-order valence-corrected chi connectivity index (χ1v) is 6.57. The number of hydrogen-bond donors (Lipinski definition) is 3. The molecule has 5 heteroatoms. The summed E-state index contributed by atoms with van der Waals surface area (Å²) in [6, 6.07) is 5.84. The monoisotopic (exact) mass is 317 g/mol. The van der Waals surface area contributed by atoms with Gasteiger partial charge in [0.05, 0.1) is 19.8 Å². The van der Waals surface area contributed by atoms with Crippen LogP contribution >= 0.6 is 15.9 Å². The fourth-order valence-corrected chi connectivity index (χ4v) is 1.97. The van der Waals surface area contributed by atoms with E-state index in [9.17, 15) is 10.2 Å². The van der Waals surface area contributed by atoms with Crippen molar-refractivity contribution >= 4 is 21.6 Å². The van der Waals surface area contributed by atoms with Gasteiger partial charge < -0.3 is 20.3 Å². The first-order valence-electron chi connectivity index (χ1n) is 5.78. The van der Waals surface area contributed by atoms with Gasteiger partial charge in [-0.25, -0.2) is 0 Å². The van der Waals surface area contributed by atoms with Gasteiger partial charge in [0.1, 0.15) is 0 Å². The number of methoxy groups -OCH3 is 1. The van der Waals surface area contributed by atoms with E-state index >= 15 is 0 Å². The topological polar surface area (TPSA) is 61.7 Å². The van der Waals surface area contributed by atoms with Crippen LogP contribution in [0.1, 0.15) is 12.5 Å². The molecule has 3 N–H and O–H groups in total. The van der Waals surface area contributed by atoms with E-state index in [2.05, 4.69) is 21.2 Å². The van der Waals surface area contributed by atoms with Crippen LogP contribution in [0.4, 0.5) is 5.69 Å². The summed E-state index contributed by atoms with van der Waals surface area (Å²) in [5, 5.41) is 21.8. The van der Waals surface area contributed by atoms with Crippen LogP contribution in [0.2, 0.25) is 0 Å². The Labute approximate surface area is 116 Å². The predicted octanol–water partition coefficient (Wildman–Crippen LogP) is 2.00. The molecule has 0 bridgehead atoms. The van der Waals surface area contributed by atoms with Crippen molar-refractivity contribution in [1.29, 1.82) is 0 Å². The summed E-state index contributed by atoms with van der Waals surface area (Å²) >= 11 is 3.48. The minimum atomic E-state index is -0.535. The predicted molar refractivity (Wildman–Crippen MR) is 75.6 cm³/mol. The molecular weight excluding hydrogens is 298 g/mol.